The Morgan fingerprint density at radius 3 is 1.71 bits per heavy atom. The molecular weight excluding hydrogens is 505 g/mol. The van der Waals surface area contributed by atoms with E-state index in [-0.39, 0.29) is 10.2 Å². The highest BCUT2D eigenvalue weighted by Gasteiger charge is 2.28. The van der Waals surface area contributed by atoms with Crippen LogP contribution in [0.25, 0.3) is 0 Å². The third-order valence-corrected chi connectivity index (χ3v) is 16.4. The first kappa shape index (κ1) is 25.9. The van der Waals surface area contributed by atoms with Gasteiger partial charge in [0.15, 0.2) is 0 Å². The molecule has 0 bridgehead atoms. The van der Waals surface area contributed by atoms with Crippen LogP contribution in [0.3, 0.4) is 0 Å². The van der Waals surface area contributed by atoms with Crippen molar-refractivity contribution in [3.8, 4) is 0 Å². The average molecular weight is 531 g/mol. The molecule has 2 nitrogen and oxygen atoms in total. The lowest BCUT2D eigenvalue weighted by Crippen LogP contribution is -2.08. The van der Waals surface area contributed by atoms with Crippen LogP contribution in [0.2, 0.25) is 0 Å². The molecule has 0 radical (unpaired) electrons. The zero-order chi connectivity index (χ0) is 20.4. The van der Waals surface area contributed by atoms with Gasteiger partial charge in [-0.25, -0.2) is 0 Å². The largest absolute Gasteiger partial charge is 0.282 e. The fourth-order valence-electron chi connectivity index (χ4n) is 2.31. The van der Waals surface area contributed by atoms with E-state index in [0.29, 0.717) is 24.2 Å². The Kier molecular flexibility index (Phi) is 13.5. The SMILES string of the molecule is C=CC(=O)SCC1CSC(CSC(C)SCC2SCC(CSC(=O)C=C)S2)S1. The van der Waals surface area contributed by atoms with Crippen molar-refractivity contribution in [3.05, 3.63) is 25.3 Å². The molecule has 2 aliphatic rings. The Morgan fingerprint density at radius 1 is 0.893 bits per heavy atom. The summed E-state index contributed by atoms with van der Waals surface area (Å²) in [5.41, 5.74) is 0. The molecule has 0 amide bonds. The molecule has 28 heavy (non-hydrogen) atoms. The normalized spacial score (nSPS) is 28.2. The topological polar surface area (TPSA) is 34.1 Å². The van der Waals surface area contributed by atoms with Crippen LogP contribution in [0.5, 0.6) is 0 Å². The second-order valence-corrected chi connectivity index (χ2v) is 17.1. The maximum Gasteiger partial charge on any atom is 0.211 e. The van der Waals surface area contributed by atoms with Crippen molar-refractivity contribution in [2.75, 3.05) is 34.5 Å². The average Bonchev–Trinajstić information content (AvgIpc) is 3.36. The second-order valence-electron chi connectivity index (χ2n) is 5.94. The first-order chi connectivity index (χ1) is 13.5. The van der Waals surface area contributed by atoms with Gasteiger partial charge in [0, 0.05) is 49.6 Å². The van der Waals surface area contributed by atoms with Gasteiger partial charge in [0.25, 0.3) is 0 Å². The van der Waals surface area contributed by atoms with Crippen molar-refractivity contribution in [1.29, 1.82) is 0 Å². The Labute approximate surface area is 203 Å². The highest BCUT2D eigenvalue weighted by molar-refractivity contribution is 8.24. The number of carbonyl (C=O) groups excluding carboxylic acids is 2. The summed E-state index contributed by atoms with van der Waals surface area (Å²) in [6.07, 6.45) is 2.82. The number of thioether (sulfide) groups is 8. The first-order valence-corrected chi connectivity index (χ1v) is 16.9. The summed E-state index contributed by atoms with van der Waals surface area (Å²) in [6, 6.07) is 0. The molecule has 0 aliphatic carbocycles. The highest BCUT2D eigenvalue weighted by atomic mass is 32.2. The van der Waals surface area contributed by atoms with Crippen molar-refractivity contribution >= 4 is 104 Å². The quantitative estimate of drug-likeness (QED) is 0.220. The molecule has 0 aromatic carbocycles. The van der Waals surface area contributed by atoms with Crippen LogP contribution in [0.1, 0.15) is 6.92 Å². The molecule has 0 aromatic heterocycles. The zero-order valence-corrected chi connectivity index (χ0v) is 22.3. The first-order valence-electron chi connectivity index (χ1n) is 8.85. The minimum Gasteiger partial charge on any atom is -0.282 e. The molecule has 2 heterocycles. The summed E-state index contributed by atoms with van der Waals surface area (Å²) < 4.78 is 1.90. The Hall–Kier alpha value is 1.62. The summed E-state index contributed by atoms with van der Waals surface area (Å²) in [5.74, 6) is 6.46. The van der Waals surface area contributed by atoms with Crippen LogP contribution >= 0.6 is 94.1 Å². The van der Waals surface area contributed by atoms with Gasteiger partial charge in [0.05, 0.1) is 9.16 Å². The maximum absolute atomic E-state index is 11.3. The van der Waals surface area contributed by atoms with E-state index in [4.69, 9.17) is 0 Å². The Bertz CT molecular complexity index is 498. The summed E-state index contributed by atoms with van der Waals surface area (Å²) >= 11 is 15.1. The predicted molar refractivity (Wildman–Crippen MR) is 145 cm³/mol. The maximum atomic E-state index is 11.3. The number of hydrogen-bond acceptors (Lipinski definition) is 10. The van der Waals surface area contributed by atoms with Gasteiger partial charge in [0.2, 0.25) is 10.2 Å². The molecule has 0 saturated carbocycles. The van der Waals surface area contributed by atoms with E-state index in [2.05, 4.69) is 43.6 Å². The minimum atomic E-state index is 0.0873. The summed E-state index contributed by atoms with van der Waals surface area (Å²) in [7, 11) is 0. The van der Waals surface area contributed by atoms with Gasteiger partial charge >= 0.3 is 0 Å². The molecule has 10 heteroatoms. The van der Waals surface area contributed by atoms with Crippen molar-refractivity contribution in [2.24, 2.45) is 0 Å². The molecule has 0 N–H and O–H groups in total. The molecule has 4 atom stereocenters. The van der Waals surface area contributed by atoms with E-state index in [1.807, 2.05) is 47.0 Å². The van der Waals surface area contributed by atoms with E-state index in [1.54, 1.807) is 0 Å². The van der Waals surface area contributed by atoms with Crippen molar-refractivity contribution in [2.45, 2.75) is 31.2 Å². The highest BCUT2D eigenvalue weighted by Crippen LogP contribution is 2.44. The van der Waals surface area contributed by atoms with Gasteiger partial charge in [0.1, 0.15) is 0 Å². The third kappa shape index (κ3) is 10.3. The van der Waals surface area contributed by atoms with Gasteiger partial charge in [-0.05, 0) is 19.1 Å². The van der Waals surface area contributed by atoms with Crippen LogP contribution in [0.15, 0.2) is 25.3 Å². The molecule has 2 rings (SSSR count). The van der Waals surface area contributed by atoms with Crippen LogP contribution < -0.4 is 0 Å². The van der Waals surface area contributed by atoms with E-state index < -0.39 is 0 Å². The van der Waals surface area contributed by atoms with Crippen molar-refractivity contribution in [3.63, 3.8) is 0 Å². The van der Waals surface area contributed by atoms with Crippen LogP contribution in [0, 0.1) is 0 Å². The van der Waals surface area contributed by atoms with E-state index in [0.717, 1.165) is 23.0 Å². The minimum absolute atomic E-state index is 0.0873. The van der Waals surface area contributed by atoms with E-state index in [9.17, 15) is 9.59 Å². The van der Waals surface area contributed by atoms with Crippen LogP contribution in [-0.2, 0) is 9.59 Å². The lowest BCUT2D eigenvalue weighted by Gasteiger charge is -2.16. The van der Waals surface area contributed by atoms with Gasteiger partial charge < -0.3 is 0 Å². The zero-order valence-electron chi connectivity index (χ0n) is 15.8. The van der Waals surface area contributed by atoms with Crippen molar-refractivity contribution < 1.29 is 9.59 Å². The molecule has 2 aliphatic heterocycles. The summed E-state index contributed by atoms with van der Waals surface area (Å²) in [6.45, 7) is 9.38. The molecule has 0 spiro atoms. The molecule has 0 aromatic rings. The van der Waals surface area contributed by atoms with Gasteiger partial charge in [-0.3, -0.25) is 9.59 Å². The molecule has 2 saturated heterocycles. The Morgan fingerprint density at radius 2 is 1.32 bits per heavy atom. The summed E-state index contributed by atoms with van der Waals surface area (Å²) in [4.78, 5) is 22.7. The lowest BCUT2D eigenvalue weighted by atomic mass is 10.5. The van der Waals surface area contributed by atoms with Gasteiger partial charge in [-0.15, -0.1) is 70.6 Å². The number of rotatable bonds is 12. The van der Waals surface area contributed by atoms with Gasteiger partial charge in [-0.2, -0.15) is 0 Å². The standard InChI is InChI=1S/C18H26O2S8/c1-4-15(19)23-6-13-8-25-17(27-13)10-21-12(3)22-11-18-26-9-14(28-18)7-24-16(20)5-2/h4-5,12-14,17-18H,1-2,6-11H2,3H3. The van der Waals surface area contributed by atoms with Crippen LogP contribution in [-0.4, -0.2) is 69.0 Å². The molecular formula is C18H26O2S8. The van der Waals surface area contributed by atoms with E-state index in [1.165, 1.54) is 47.2 Å². The monoisotopic (exact) mass is 530 g/mol. The van der Waals surface area contributed by atoms with Gasteiger partial charge in [-0.1, -0.05) is 36.7 Å². The van der Waals surface area contributed by atoms with E-state index >= 15 is 0 Å². The van der Waals surface area contributed by atoms with Crippen molar-refractivity contribution in [1.82, 2.24) is 0 Å². The predicted octanol–water partition coefficient (Wildman–Crippen LogP) is 6.04. The fraction of sp³-hybridized carbons (Fsp3) is 0.667. The fourth-order valence-corrected chi connectivity index (χ4v) is 14.0. The second kappa shape index (κ2) is 14.6. The Balaban J connectivity index is 1.53. The number of hydrogen-bond donors (Lipinski definition) is 0. The molecule has 2 fully saturated rings. The molecule has 4 unspecified atom stereocenters. The van der Waals surface area contributed by atoms with Crippen LogP contribution in [0.4, 0.5) is 0 Å². The number of carbonyl (C=O) groups is 2. The lowest BCUT2D eigenvalue weighted by molar-refractivity contribution is -0.107. The molecule has 158 valence electrons. The third-order valence-electron chi connectivity index (χ3n) is 3.71. The summed E-state index contributed by atoms with van der Waals surface area (Å²) in [5, 5.41) is 1.34. The smallest absolute Gasteiger partial charge is 0.211 e.